The minimum Gasteiger partial charge on any atom is -0.409 e. The van der Waals surface area contributed by atoms with E-state index in [1.165, 1.54) is 0 Å². The molecule has 0 rings (SSSR count). The molecule has 15 heavy (non-hydrogen) atoms. The number of halogens is 1. The summed E-state index contributed by atoms with van der Waals surface area (Å²) in [6.07, 6.45) is 1.79. The molecule has 5 heteroatoms. The number of hydrogen-bond acceptors (Lipinski definition) is 3. The van der Waals surface area contributed by atoms with Gasteiger partial charge in [0.2, 0.25) is 0 Å². The van der Waals surface area contributed by atoms with Gasteiger partial charge in [-0.05, 0) is 19.4 Å². The molecule has 0 aromatic rings. The molecular weight excluding hydrogens is 214 g/mol. The zero-order valence-electron chi connectivity index (χ0n) is 9.39. The molecule has 0 saturated carbocycles. The Balaban J connectivity index is 3.71. The lowest BCUT2D eigenvalue weighted by Crippen LogP contribution is -2.32. The third-order valence-electron chi connectivity index (χ3n) is 2.27. The van der Waals surface area contributed by atoms with E-state index in [0.717, 1.165) is 19.4 Å². The first kappa shape index (κ1) is 14.3. The van der Waals surface area contributed by atoms with Crippen molar-refractivity contribution in [3.05, 3.63) is 11.6 Å². The van der Waals surface area contributed by atoms with Gasteiger partial charge in [-0.1, -0.05) is 37.2 Å². The van der Waals surface area contributed by atoms with Crippen LogP contribution < -0.4 is 11.1 Å². The lowest BCUT2D eigenvalue weighted by Gasteiger charge is -2.22. The molecule has 0 aromatic carbocycles. The van der Waals surface area contributed by atoms with Crippen LogP contribution in [0.3, 0.4) is 0 Å². The van der Waals surface area contributed by atoms with Gasteiger partial charge in [-0.15, -0.1) is 0 Å². The van der Waals surface area contributed by atoms with Crippen molar-refractivity contribution in [3.63, 3.8) is 0 Å². The molecule has 0 spiro atoms. The molecule has 0 aromatic heterocycles. The molecular formula is C10H20ClN3O. The number of nitrogens with zero attached hydrogens (tertiary/aromatic N) is 1. The Labute approximate surface area is 96.2 Å². The molecule has 4 N–H and O–H groups in total. The van der Waals surface area contributed by atoms with Crippen molar-refractivity contribution in [2.45, 2.75) is 26.7 Å². The lowest BCUT2D eigenvalue weighted by molar-refractivity contribution is 0.304. The SMILES string of the molecule is C=C(Cl)CNCCCC(C)(C)C(N)=NO. The van der Waals surface area contributed by atoms with Gasteiger partial charge in [0.25, 0.3) is 0 Å². The normalized spacial score (nSPS) is 12.9. The van der Waals surface area contributed by atoms with Crippen molar-refractivity contribution in [1.82, 2.24) is 5.32 Å². The topological polar surface area (TPSA) is 70.6 Å². The van der Waals surface area contributed by atoms with Crippen molar-refractivity contribution in [1.29, 1.82) is 0 Å². The van der Waals surface area contributed by atoms with Crippen LogP contribution in [0, 0.1) is 5.41 Å². The summed E-state index contributed by atoms with van der Waals surface area (Å²) in [5, 5.41) is 15.3. The van der Waals surface area contributed by atoms with E-state index in [1.807, 2.05) is 13.8 Å². The summed E-state index contributed by atoms with van der Waals surface area (Å²) < 4.78 is 0. The Morgan fingerprint density at radius 3 is 2.67 bits per heavy atom. The molecule has 0 aliphatic rings. The van der Waals surface area contributed by atoms with Crippen LogP contribution in [0.5, 0.6) is 0 Å². The van der Waals surface area contributed by atoms with E-state index in [2.05, 4.69) is 17.1 Å². The minimum atomic E-state index is -0.269. The van der Waals surface area contributed by atoms with Gasteiger partial charge in [0, 0.05) is 17.0 Å². The largest absolute Gasteiger partial charge is 0.409 e. The highest BCUT2D eigenvalue weighted by Gasteiger charge is 2.22. The van der Waals surface area contributed by atoms with Gasteiger partial charge >= 0.3 is 0 Å². The van der Waals surface area contributed by atoms with Gasteiger partial charge in [0.05, 0.1) is 0 Å². The third-order valence-corrected chi connectivity index (χ3v) is 2.41. The van der Waals surface area contributed by atoms with Crippen LogP contribution in [0.1, 0.15) is 26.7 Å². The van der Waals surface area contributed by atoms with E-state index in [4.69, 9.17) is 22.5 Å². The Bertz CT molecular complexity index is 239. The Kier molecular flexibility index (Phi) is 6.36. The molecule has 4 nitrogen and oxygen atoms in total. The van der Waals surface area contributed by atoms with Crippen molar-refractivity contribution in [3.8, 4) is 0 Å². The summed E-state index contributed by atoms with van der Waals surface area (Å²) in [7, 11) is 0. The second-order valence-electron chi connectivity index (χ2n) is 4.17. The minimum absolute atomic E-state index is 0.268. The summed E-state index contributed by atoms with van der Waals surface area (Å²) >= 11 is 5.59. The fourth-order valence-corrected chi connectivity index (χ4v) is 1.24. The van der Waals surface area contributed by atoms with Gasteiger partial charge < -0.3 is 16.3 Å². The van der Waals surface area contributed by atoms with Crippen molar-refractivity contribution >= 4 is 17.4 Å². The van der Waals surface area contributed by atoms with Crippen molar-refractivity contribution < 1.29 is 5.21 Å². The number of oxime groups is 1. The smallest absolute Gasteiger partial charge is 0.144 e. The molecule has 0 heterocycles. The third kappa shape index (κ3) is 6.36. The lowest BCUT2D eigenvalue weighted by atomic mass is 9.86. The van der Waals surface area contributed by atoms with E-state index >= 15 is 0 Å². The molecule has 0 unspecified atom stereocenters. The molecule has 0 bridgehead atoms. The van der Waals surface area contributed by atoms with Gasteiger partial charge in [-0.25, -0.2) is 0 Å². The number of rotatable bonds is 7. The summed E-state index contributed by atoms with van der Waals surface area (Å²) in [5.74, 6) is 0.268. The highest BCUT2D eigenvalue weighted by Crippen LogP contribution is 2.21. The maximum absolute atomic E-state index is 8.56. The highest BCUT2D eigenvalue weighted by atomic mass is 35.5. The average Bonchev–Trinajstić information content (AvgIpc) is 2.15. The van der Waals surface area contributed by atoms with Crippen LogP contribution >= 0.6 is 11.6 Å². The molecule has 0 aliphatic heterocycles. The summed E-state index contributed by atoms with van der Waals surface area (Å²) in [4.78, 5) is 0. The molecule has 0 radical (unpaired) electrons. The predicted molar refractivity (Wildman–Crippen MR) is 64.3 cm³/mol. The predicted octanol–water partition coefficient (Wildman–Crippen LogP) is 1.88. The molecule has 0 aliphatic carbocycles. The van der Waals surface area contributed by atoms with Gasteiger partial charge in [0.15, 0.2) is 0 Å². The maximum atomic E-state index is 8.56. The monoisotopic (exact) mass is 233 g/mol. The summed E-state index contributed by atoms with van der Waals surface area (Å²) in [5.41, 5.74) is 5.29. The number of nitrogens with one attached hydrogen (secondary N) is 1. The van der Waals surface area contributed by atoms with Crippen LogP contribution in [0.2, 0.25) is 0 Å². The quantitative estimate of drug-likeness (QED) is 0.207. The number of hydrogen-bond donors (Lipinski definition) is 3. The van der Waals surface area contributed by atoms with Crippen molar-refractivity contribution in [2.75, 3.05) is 13.1 Å². The van der Waals surface area contributed by atoms with E-state index in [-0.39, 0.29) is 11.3 Å². The Morgan fingerprint density at radius 2 is 2.20 bits per heavy atom. The highest BCUT2D eigenvalue weighted by molar-refractivity contribution is 6.29. The fourth-order valence-electron chi connectivity index (χ4n) is 1.14. The van der Waals surface area contributed by atoms with Crippen LogP contribution in [0.4, 0.5) is 0 Å². The van der Waals surface area contributed by atoms with E-state index in [9.17, 15) is 0 Å². The molecule has 0 saturated heterocycles. The van der Waals surface area contributed by atoms with Gasteiger partial charge in [0.1, 0.15) is 5.84 Å². The molecule has 0 fully saturated rings. The molecule has 0 amide bonds. The second kappa shape index (κ2) is 6.69. The zero-order valence-corrected chi connectivity index (χ0v) is 10.1. The van der Waals surface area contributed by atoms with E-state index in [1.54, 1.807) is 0 Å². The standard InChI is InChI=1S/C10H20ClN3O/c1-8(11)7-13-6-4-5-10(2,3)9(12)14-15/h13,15H,1,4-7H2,2-3H3,(H2,12,14). The first-order valence-corrected chi connectivity index (χ1v) is 5.30. The van der Waals surface area contributed by atoms with Crippen LogP contribution in [0.15, 0.2) is 16.8 Å². The zero-order chi connectivity index (χ0) is 11.9. The van der Waals surface area contributed by atoms with Crippen LogP contribution in [0.25, 0.3) is 0 Å². The number of amidine groups is 1. The fraction of sp³-hybridized carbons (Fsp3) is 0.700. The Hall–Kier alpha value is -0.740. The van der Waals surface area contributed by atoms with Crippen LogP contribution in [-0.2, 0) is 0 Å². The first-order chi connectivity index (χ1) is 6.90. The van der Waals surface area contributed by atoms with Gasteiger partial charge in [-0.3, -0.25) is 0 Å². The second-order valence-corrected chi connectivity index (χ2v) is 4.70. The van der Waals surface area contributed by atoms with Crippen LogP contribution in [-0.4, -0.2) is 24.1 Å². The summed E-state index contributed by atoms with van der Waals surface area (Å²) in [6.45, 7) is 8.93. The first-order valence-electron chi connectivity index (χ1n) is 4.92. The Morgan fingerprint density at radius 1 is 1.60 bits per heavy atom. The maximum Gasteiger partial charge on any atom is 0.144 e. The molecule has 88 valence electrons. The number of nitrogens with two attached hydrogens (primary N) is 1. The van der Waals surface area contributed by atoms with E-state index < -0.39 is 0 Å². The summed E-state index contributed by atoms with van der Waals surface area (Å²) in [6, 6.07) is 0. The molecule has 0 atom stereocenters. The van der Waals surface area contributed by atoms with Gasteiger partial charge in [-0.2, -0.15) is 0 Å². The average molecular weight is 234 g/mol. The van der Waals surface area contributed by atoms with Crippen molar-refractivity contribution in [2.24, 2.45) is 16.3 Å². The van der Waals surface area contributed by atoms with E-state index in [0.29, 0.717) is 11.6 Å².